The lowest BCUT2D eigenvalue weighted by molar-refractivity contribution is 0.292. The van der Waals surface area contributed by atoms with Crippen LogP contribution in [0.2, 0.25) is 0 Å². The molecule has 0 atom stereocenters. The molecule has 100 valence electrons. The summed E-state index contributed by atoms with van der Waals surface area (Å²) in [4.78, 5) is 0. The monoisotopic (exact) mass is 250 g/mol. The van der Waals surface area contributed by atoms with Crippen LogP contribution in [0.4, 0.5) is 4.39 Å². The van der Waals surface area contributed by atoms with Gasteiger partial charge in [0.15, 0.2) is 11.6 Å². The van der Waals surface area contributed by atoms with Crippen molar-refractivity contribution in [3.05, 3.63) is 42.2 Å². The molecule has 1 nitrogen and oxygen atoms in total. The van der Waals surface area contributed by atoms with E-state index in [1.54, 1.807) is 18.2 Å². The van der Waals surface area contributed by atoms with Crippen LogP contribution in [0.3, 0.4) is 0 Å². The Hall–Kier alpha value is -1.31. The van der Waals surface area contributed by atoms with Crippen molar-refractivity contribution in [2.24, 2.45) is 0 Å². The molecule has 0 aliphatic rings. The van der Waals surface area contributed by atoms with Gasteiger partial charge in [-0.25, -0.2) is 4.39 Å². The van der Waals surface area contributed by atoms with Crippen molar-refractivity contribution in [3.63, 3.8) is 0 Å². The number of ether oxygens (including phenoxy) is 1. The molecule has 0 aliphatic heterocycles. The van der Waals surface area contributed by atoms with Crippen LogP contribution in [0.1, 0.15) is 45.4 Å². The lowest BCUT2D eigenvalue weighted by Crippen LogP contribution is -1.98. The van der Waals surface area contributed by atoms with Gasteiger partial charge in [-0.15, -0.1) is 0 Å². The summed E-state index contributed by atoms with van der Waals surface area (Å²) < 4.78 is 18.6. The maximum atomic E-state index is 13.2. The van der Waals surface area contributed by atoms with E-state index in [-0.39, 0.29) is 5.82 Å². The molecule has 0 saturated carbocycles. The highest BCUT2D eigenvalue weighted by Gasteiger charge is 1.99. The second-order valence-electron chi connectivity index (χ2n) is 4.39. The van der Waals surface area contributed by atoms with E-state index < -0.39 is 0 Å². The third-order valence-electron chi connectivity index (χ3n) is 2.75. The molecule has 0 unspecified atom stereocenters. The Morgan fingerprint density at radius 3 is 2.50 bits per heavy atom. The van der Waals surface area contributed by atoms with Crippen LogP contribution in [0.25, 0.3) is 0 Å². The fraction of sp³-hybridized carbons (Fsp3) is 0.500. The van der Waals surface area contributed by atoms with Gasteiger partial charge in [-0.05, 0) is 37.8 Å². The summed E-state index contributed by atoms with van der Waals surface area (Å²) in [6.07, 6.45) is 11.3. The SMILES string of the molecule is CCCCC=CCCCCOc1ccccc1F. The zero-order chi connectivity index (χ0) is 13.1. The first kappa shape index (κ1) is 14.7. The highest BCUT2D eigenvalue weighted by atomic mass is 19.1. The van der Waals surface area contributed by atoms with Gasteiger partial charge in [0, 0.05) is 0 Å². The largest absolute Gasteiger partial charge is 0.491 e. The highest BCUT2D eigenvalue weighted by Crippen LogP contribution is 2.15. The summed E-state index contributed by atoms with van der Waals surface area (Å²) in [6.45, 7) is 2.79. The summed E-state index contributed by atoms with van der Waals surface area (Å²) >= 11 is 0. The summed E-state index contributed by atoms with van der Waals surface area (Å²) in [7, 11) is 0. The van der Waals surface area contributed by atoms with Crippen molar-refractivity contribution < 1.29 is 9.13 Å². The predicted molar refractivity (Wildman–Crippen MR) is 74.4 cm³/mol. The standard InChI is InChI=1S/C16H23FO/c1-2-3-4-5-6-7-8-11-14-18-16-13-10-9-12-15(16)17/h5-6,9-10,12-13H,2-4,7-8,11,14H2,1H3. The highest BCUT2D eigenvalue weighted by molar-refractivity contribution is 5.23. The van der Waals surface area contributed by atoms with Crippen molar-refractivity contribution in [1.29, 1.82) is 0 Å². The third kappa shape index (κ3) is 6.43. The molecule has 0 bridgehead atoms. The molecule has 2 heteroatoms. The second-order valence-corrected chi connectivity index (χ2v) is 4.39. The van der Waals surface area contributed by atoms with Crippen LogP contribution in [-0.2, 0) is 0 Å². The minimum absolute atomic E-state index is 0.281. The molecule has 1 aromatic rings. The fourth-order valence-electron chi connectivity index (χ4n) is 1.67. The Labute approximate surface area is 110 Å². The Balaban J connectivity index is 2.02. The molecule has 0 spiro atoms. The van der Waals surface area contributed by atoms with Gasteiger partial charge in [0.25, 0.3) is 0 Å². The summed E-state index contributed by atoms with van der Waals surface area (Å²) in [5.41, 5.74) is 0. The molecular weight excluding hydrogens is 227 g/mol. The van der Waals surface area contributed by atoms with E-state index in [1.165, 1.54) is 25.3 Å². The maximum Gasteiger partial charge on any atom is 0.165 e. The van der Waals surface area contributed by atoms with E-state index in [0.29, 0.717) is 12.4 Å². The number of unbranched alkanes of at least 4 members (excludes halogenated alkanes) is 4. The van der Waals surface area contributed by atoms with Crippen LogP contribution < -0.4 is 4.74 Å². The molecule has 0 fully saturated rings. The third-order valence-corrected chi connectivity index (χ3v) is 2.75. The second kappa shape index (κ2) is 9.69. The van der Waals surface area contributed by atoms with Crippen LogP contribution in [0.5, 0.6) is 5.75 Å². The van der Waals surface area contributed by atoms with Gasteiger partial charge in [0.05, 0.1) is 6.61 Å². The minimum atomic E-state index is -0.281. The molecule has 1 rings (SSSR count). The van der Waals surface area contributed by atoms with E-state index in [9.17, 15) is 4.39 Å². The fourth-order valence-corrected chi connectivity index (χ4v) is 1.67. The number of benzene rings is 1. The number of rotatable bonds is 9. The molecule has 0 amide bonds. The van der Waals surface area contributed by atoms with Crippen molar-refractivity contribution >= 4 is 0 Å². The van der Waals surface area contributed by atoms with E-state index in [4.69, 9.17) is 4.74 Å². The molecular formula is C16H23FO. The normalized spacial score (nSPS) is 11.0. The van der Waals surface area contributed by atoms with Crippen LogP contribution in [-0.4, -0.2) is 6.61 Å². The maximum absolute atomic E-state index is 13.2. The van der Waals surface area contributed by atoms with Gasteiger partial charge in [-0.3, -0.25) is 0 Å². The van der Waals surface area contributed by atoms with Gasteiger partial charge in [-0.1, -0.05) is 44.1 Å². The molecule has 0 aliphatic carbocycles. The number of hydrogen-bond donors (Lipinski definition) is 0. The quantitative estimate of drug-likeness (QED) is 0.436. The van der Waals surface area contributed by atoms with E-state index in [2.05, 4.69) is 19.1 Å². The lowest BCUT2D eigenvalue weighted by atomic mass is 10.2. The summed E-state index contributed by atoms with van der Waals surface area (Å²) in [5.74, 6) is 0.0768. The first-order valence-electron chi connectivity index (χ1n) is 6.87. The first-order chi connectivity index (χ1) is 8.84. The van der Waals surface area contributed by atoms with Crippen molar-refractivity contribution in [1.82, 2.24) is 0 Å². The molecule has 1 aromatic carbocycles. The van der Waals surface area contributed by atoms with Gasteiger partial charge >= 0.3 is 0 Å². The summed E-state index contributed by atoms with van der Waals surface area (Å²) in [6, 6.07) is 6.55. The van der Waals surface area contributed by atoms with Crippen molar-refractivity contribution in [3.8, 4) is 5.75 Å². The lowest BCUT2D eigenvalue weighted by Gasteiger charge is -2.05. The Bertz CT molecular complexity index is 347. The Kier molecular flexibility index (Phi) is 7.94. The Morgan fingerprint density at radius 1 is 1.06 bits per heavy atom. The molecule has 0 heterocycles. The van der Waals surface area contributed by atoms with Crippen LogP contribution >= 0.6 is 0 Å². The molecule has 18 heavy (non-hydrogen) atoms. The minimum Gasteiger partial charge on any atom is -0.491 e. The van der Waals surface area contributed by atoms with E-state index >= 15 is 0 Å². The molecule has 0 N–H and O–H groups in total. The van der Waals surface area contributed by atoms with E-state index in [0.717, 1.165) is 19.3 Å². The number of allylic oxidation sites excluding steroid dienone is 2. The number of halogens is 1. The predicted octanol–water partition coefficient (Wildman–Crippen LogP) is 5.12. The van der Waals surface area contributed by atoms with Crippen molar-refractivity contribution in [2.75, 3.05) is 6.61 Å². The average Bonchev–Trinajstić information content (AvgIpc) is 2.39. The summed E-state index contributed by atoms with van der Waals surface area (Å²) in [5, 5.41) is 0. The number of hydrogen-bond acceptors (Lipinski definition) is 1. The topological polar surface area (TPSA) is 9.23 Å². The molecule has 0 saturated heterocycles. The first-order valence-corrected chi connectivity index (χ1v) is 6.87. The smallest absolute Gasteiger partial charge is 0.165 e. The molecule has 0 radical (unpaired) electrons. The van der Waals surface area contributed by atoms with Crippen molar-refractivity contribution in [2.45, 2.75) is 45.4 Å². The molecule has 0 aromatic heterocycles. The van der Waals surface area contributed by atoms with Crippen LogP contribution in [0.15, 0.2) is 36.4 Å². The van der Waals surface area contributed by atoms with Crippen LogP contribution in [0, 0.1) is 5.82 Å². The van der Waals surface area contributed by atoms with Gasteiger partial charge in [0.1, 0.15) is 0 Å². The Morgan fingerprint density at radius 2 is 1.78 bits per heavy atom. The van der Waals surface area contributed by atoms with Gasteiger partial charge in [-0.2, -0.15) is 0 Å². The van der Waals surface area contributed by atoms with Gasteiger partial charge in [0.2, 0.25) is 0 Å². The van der Waals surface area contributed by atoms with E-state index in [1.807, 2.05) is 0 Å². The number of para-hydroxylation sites is 1. The average molecular weight is 250 g/mol. The van der Waals surface area contributed by atoms with Gasteiger partial charge < -0.3 is 4.74 Å². The zero-order valence-electron chi connectivity index (χ0n) is 11.2. The zero-order valence-corrected chi connectivity index (χ0v) is 11.2.